The van der Waals surface area contributed by atoms with Gasteiger partial charge in [-0.05, 0) is 35.4 Å². The Hall–Kier alpha value is -3.66. The molecular formula is C24H22N2O2. The van der Waals surface area contributed by atoms with E-state index in [1.54, 1.807) is 24.1 Å². The number of hydrogen-bond donors (Lipinski definition) is 1. The highest BCUT2D eigenvalue weighted by molar-refractivity contribution is 6.07. The van der Waals surface area contributed by atoms with Crippen LogP contribution in [-0.2, 0) is 11.3 Å². The topological polar surface area (TPSA) is 49.4 Å². The average molecular weight is 370 g/mol. The lowest BCUT2D eigenvalue weighted by Gasteiger charge is -2.21. The molecule has 0 saturated carbocycles. The molecular weight excluding hydrogens is 348 g/mol. The van der Waals surface area contributed by atoms with Crippen LogP contribution in [-0.4, -0.2) is 18.9 Å². The zero-order chi connectivity index (χ0) is 19.9. The lowest BCUT2D eigenvalue weighted by atomic mass is 10.0. The van der Waals surface area contributed by atoms with Crippen LogP contribution < -0.4 is 10.2 Å². The molecule has 0 unspecified atom stereocenters. The second kappa shape index (κ2) is 8.82. The SMILES string of the molecule is C=CC(=O)NCc1ccc(C(=O)N(C)c2ccccc2-c2ccccc2)cc1. The number of nitrogens with zero attached hydrogens (tertiary/aromatic N) is 1. The first-order valence-corrected chi connectivity index (χ1v) is 9.02. The van der Waals surface area contributed by atoms with Crippen molar-refractivity contribution in [3.63, 3.8) is 0 Å². The number of anilines is 1. The van der Waals surface area contributed by atoms with Gasteiger partial charge in [-0.1, -0.05) is 67.2 Å². The quantitative estimate of drug-likeness (QED) is 0.653. The van der Waals surface area contributed by atoms with Crippen LogP contribution in [0.3, 0.4) is 0 Å². The molecule has 2 amide bonds. The van der Waals surface area contributed by atoms with E-state index in [0.717, 1.165) is 22.4 Å². The van der Waals surface area contributed by atoms with Crippen molar-refractivity contribution >= 4 is 17.5 Å². The first-order valence-electron chi connectivity index (χ1n) is 9.02. The summed E-state index contributed by atoms with van der Waals surface area (Å²) < 4.78 is 0. The van der Waals surface area contributed by atoms with Crippen LogP contribution in [0.4, 0.5) is 5.69 Å². The number of carbonyl (C=O) groups is 2. The third-order valence-electron chi connectivity index (χ3n) is 4.51. The number of rotatable bonds is 6. The fraction of sp³-hybridized carbons (Fsp3) is 0.0833. The van der Waals surface area contributed by atoms with Gasteiger partial charge in [0.15, 0.2) is 0 Å². The average Bonchev–Trinajstić information content (AvgIpc) is 2.77. The summed E-state index contributed by atoms with van der Waals surface area (Å²) in [5.41, 5.74) is 4.41. The summed E-state index contributed by atoms with van der Waals surface area (Å²) in [5, 5.41) is 2.72. The van der Waals surface area contributed by atoms with Gasteiger partial charge in [-0.2, -0.15) is 0 Å². The summed E-state index contributed by atoms with van der Waals surface area (Å²) in [5.74, 6) is -0.317. The molecule has 0 radical (unpaired) electrons. The maximum Gasteiger partial charge on any atom is 0.258 e. The molecule has 1 N–H and O–H groups in total. The van der Waals surface area contributed by atoms with Gasteiger partial charge < -0.3 is 10.2 Å². The van der Waals surface area contributed by atoms with Crippen molar-refractivity contribution in [3.8, 4) is 11.1 Å². The number of amides is 2. The van der Waals surface area contributed by atoms with E-state index in [1.807, 2.05) is 66.7 Å². The van der Waals surface area contributed by atoms with Crippen LogP contribution in [0.2, 0.25) is 0 Å². The number of carbonyl (C=O) groups excluding carboxylic acids is 2. The van der Waals surface area contributed by atoms with Crippen molar-refractivity contribution in [3.05, 3.63) is 103 Å². The number of para-hydroxylation sites is 1. The first-order chi connectivity index (χ1) is 13.6. The van der Waals surface area contributed by atoms with Crippen molar-refractivity contribution < 1.29 is 9.59 Å². The van der Waals surface area contributed by atoms with Crippen LogP contribution in [0.5, 0.6) is 0 Å². The van der Waals surface area contributed by atoms with Crippen molar-refractivity contribution in [2.24, 2.45) is 0 Å². The van der Waals surface area contributed by atoms with E-state index >= 15 is 0 Å². The Morgan fingerprint density at radius 1 is 0.929 bits per heavy atom. The zero-order valence-electron chi connectivity index (χ0n) is 15.8. The van der Waals surface area contributed by atoms with Crippen molar-refractivity contribution in [1.82, 2.24) is 5.32 Å². The minimum Gasteiger partial charge on any atom is -0.348 e. The van der Waals surface area contributed by atoms with Gasteiger partial charge in [-0.15, -0.1) is 0 Å². The normalized spacial score (nSPS) is 10.2. The Bertz CT molecular complexity index is 979. The summed E-state index contributed by atoms with van der Waals surface area (Å²) in [4.78, 5) is 25.9. The fourth-order valence-electron chi connectivity index (χ4n) is 2.96. The van der Waals surface area contributed by atoms with Gasteiger partial charge in [0.25, 0.3) is 5.91 Å². The summed E-state index contributed by atoms with van der Waals surface area (Å²) in [7, 11) is 1.78. The van der Waals surface area contributed by atoms with E-state index in [4.69, 9.17) is 0 Å². The van der Waals surface area contributed by atoms with E-state index in [9.17, 15) is 9.59 Å². The predicted octanol–water partition coefficient (Wildman–Crippen LogP) is 4.43. The molecule has 0 aliphatic heterocycles. The Kier molecular flexibility index (Phi) is 6.02. The van der Waals surface area contributed by atoms with E-state index in [0.29, 0.717) is 12.1 Å². The van der Waals surface area contributed by atoms with Gasteiger partial charge in [0.2, 0.25) is 5.91 Å². The van der Waals surface area contributed by atoms with Crippen LogP contribution in [0.25, 0.3) is 11.1 Å². The monoisotopic (exact) mass is 370 g/mol. The van der Waals surface area contributed by atoms with E-state index in [2.05, 4.69) is 11.9 Å². The second-order valence-electron chi connectivity index (χ2n) is 6.37. The van der Waals surface area contributed by atoms with Crippen LogP contribution in [0.15, 0.2) is 91.5 Å². The fourth-order valence-corrected chi connectivity index (χ4v) is 2.96. The number of benzene rings is 3. The Balaban J connectivity index is 1.80. The molecule has 0 atom stereocenters. The molecule has 0 heterocycles. The molecule has 3 aromatic carbocycles. The Labute approximate surface area is 165 Å². The van der Waals surface area contributed by atoms with Gasteiger partial charge in [-0.3, -0.25) is 9.59 Å². The van der Waals surface area contributed by atoms with Gasteiger partial charge in [-0.25, -0.2) is 0 Å². The molecule has 0 spiro atoms. The molecule has 4 heteroatoms. The van der Waals surface area contributed by atoms with Gasteiger partial charge in [0, 0.05) is 24.7 Å². The molecule has 0 aromatic heterocycles. The highest BCUT2D eigenvalue weighted by Gasteiger charge is 2.17. The third-order valence-corrected chi connectivity index (χ3v) is 4.51. The molecule has 4 nitrogen and oxygen atoms in total. The molecule has 0 saturated heterocycles. The van der Waals surface area contributed by atoms with Crippen molar-refractivity contribution in [2.45, 2.75) is 6.54 Å². The largest absolute Gasteiger partial charge is 0.348 e. The molecule has 0 bridgehead atoms. The first kappa shape index (κ1) is 19.1. The van der Waals surface area contributed by atoms with Gasteiger partial charge in [0.1, 0.15) is 0 Å². The lowest BCUT2D eigenvalue weighted by molar-refractivity contribution is -0.116. The molecule has 0 aliphatic carbocycles. The summed E-state index contributed by atoms with van der Waals surface area (Å²) >= 11 is 0. The minimum absolute atomic E-state index is 0.0925. The molecule has 28 heavy (non-hydrogen) atoms. The number of hydrogen-bond acceptors (Lipinski definition) is 2. The summed E-state index contributed by atoms with van der Waals surface area (Å²) in [6.07, 6.45) is 1.23. The summed E-state index contributed by atoms with van der Waals surface area (Å²) in [6, 6.07) is 25.1. The van der Waals surface area contributed by atoms with E-state index in [-0.39, 0.29) is 11.8 Å². The maximum absolute atomic E-state index is 13.0. The van der Waals surface area contributed by atoms with Crippen LogP contribution in [0, 0.1) is 0 Å². The lowest BCUT2D eigenvalue weighted by Crippen LogP contribution is -2.26. The van der Waals surface area contributed by atoms with Gasteiger partial charge in [0.05, 0.1) is 5.69 Å². The zero-order valence-corrected chi connectivity index (χ0v) is 15.8. The molecule has 0 aliphatic rings. The third kappa shape index (κ3) is 4.35. The standard InChI is InChI=1S/C24H22N2O2/c1-3-23(27)25-17-18-13-15-20(16-14-18)24(28)26(2)22-12-8-7-11-21(22)19-9-5-4-6-10-19/h3-16H,1,17H2,2H3,(H,25,27). The Morgan fingerprint density at radius 3 is 2.25 bits per heavy atom. The molecule has 3 aromatic rings. The predicted molar refractivity (Wildman–Crippen MR) is 113 cm³/mol. The van der Waals surface area contributed by atoms with Crippen molar-refractivity contribution in [1.29, 1.82) is 0 Å². The highest BCUT2D eigenvalue weighted by atomic mass is 16.2. The summed E-state index contributed by atoms with van der Waals surface area (Å²) in [6.45, 7) is 3.82. The maximum atomic E-state index is 13.0. The Morgan fingerprint density at radius 2 is 1.57 bits per heavy atom. The van der Waals surface area contributed by atoms with E-state index < -0.39 is 0 Å². The van der Waals surface area contributed by atoms with Crippen molar-refractivity contribution in [2.75, 3.05) is 11.9 Å². The highest BCUT2D eigenvalue weighted by Crippen LogP contribution is 2.30. The smallest absolute Gasteiger partial charge is 0.258 e. The second-order valence-corrected chi connectivity index (χ2v) is 6.37. The molecule has 140 valence electrons. The number of nitrogens with one attached hydrogen (secondary N) is 1. The molecule has 3 rings (SSSR count). The van der Waals surface area contributed by atoms with Crippen LogP contribution >= 0.6 is 0 Å². The van der Waals surface area contributed by atoms with Gasteiger partial charge >= 0.3 is 0 Å². The van der Waals surface area contributed by atoms with Crippen LogP contribution in [0.1, 0.15) is 15.9 Å². The van der Waals surface area contributed by atoms with E-state index in [1.165, 1.54) is 6.08 Å². The minimum atomic E-state index is -0.225. The molecule has 0 fully saturated rings.